The molecule has 0 aromatic rings. The molecule has 0 aromatic heterocycles. The Morgan fingerprint density at radius 3 is 2.50 bits per heavy atom. The third kappa shape index (κ3) is 4.03. The highest BCUT2D eigenvalue weighted by Gasteiger charge is 2.19. The number of hydrogen-bond acceptors (Lipinski definition) is 2. The Kier molecular flexibility index (Phi) is 5.60. The number of carbonyl (C=O) groups is 1. The molecule has 0 saturated carbocycles. The summed E-state index contributed by atoms with van der Waals surface area (Å²) in [7, 11) is 0. The summed E-state index contributed by atoms with van der Waals surface area (Å²) in [5.41, 5.74) is 0. The second-order valence-corrected chi connectivity index (χ2v) is 4.53. The molecule has 0 spiro atoms. The first kappa shape index (κ1) is 12.1. The lowest BCUT2D eigenvalue weighted by molar-refractivity contribution is -0.129. The van der Waals surface area contributed by atoms with Gasteiger partial charge < -0.3 is 10.2 Å². The number of nitrogens with zero attached hydrogens (tertiary/aromatic N) is 1. The SMILES string of the molecule is O=C(C(Cl)Cl)N1CCCCNCCC1. The van der Waals surface area contributed by atoms with Crippen molar-refractivity contribution in [2.45, 2.75) is 24.1 Å². The van der Waals surface area contributed by atoms with Gasteiger partial charge in [-0.2, -0.15) is 0 Å². The Balaban J connectivity index is 2.43. The molecule has 1 amide bonds. The van der Waals surface area contributed by atoms with Gasteiger partial charge in [0.2, 0.25) is 0 Å². The molecule has 1 aliphatic heterocycles. The molecule has 0 aliphatic carbocycles. The molecular formula is C9H16Cl2N2O. The zero-order valence-electron chi connectivity index (χ0n) is 8.14. The van der Waals surface area contributed by atoms with Crippen LogP contribution in [0.15, 0.2) is 0 Å². The van der Waals surface area contributed by atoms with Gasteiger partial charge in [-0.15, -0.1) is 0 Å². The normalized spacial score (nSPS) is 20.1. The Morgan fingerprint density at radius 2 is 1.79 bits per heavy atom. The predicted molar refractivity (Wildman–Crippen MR) is 58.8 cm³/mol. The van der Waals surface area contributed by atoms with Gasteiger partial charge in [0.15, 0.2) is 4.84 Å². The monoisotopic (exact) mass is 238 g/mol. The van der Waals surface area contributed by atoms with Gasteiger partial charge >= 0.3 is 0 Å². The van der Waals surface area contributed by atoms with Gasteiger partial charge in [-0.25, -0.2) is 0 Å². The van der Waals surface area contributed by atoms with E-state index in [1.807, 2.05) is 0 Å². The minimum absolute atomic E-state index is 0.157. The third-order valence-corrected chi connectivity index (χ3v) is 2.68. The molecule has 1 saturated heterocycles. The van der Waals surface area contributed by atoms with E-state index < -0.39 is 4.84 Å². The smallest absolute Gasteiger partial charge is 0.255 e. The first-order chi connectivity index (χ1) is 6.72. The minimum atomic E-state index is -0.913. The first-order valence-corrected chi connectivity index (χ1v) is 5.87. The maximum Gasteiger partial charge on any atom is 0.255 e. The molecule has 1 aliphatic rings. The van der Waals surface area contributed by atoms with E-state index in [4.69, 9.17) is 23.2 Å². The van der Waals surface area contributed by atoms with E-state index in [2.05, 4.69) is 5.32 Å². The lowest BCUT2D eigenvalue weighted by Crippen LogP contribution is -2.36. The van der Waals surface area contributed by atoms with Crippen LogP contribution in [0.3, 0.4) is 0 Å². The maximum absolute atomic E-state index is 11.5. The van der Waals surface area contributed by atoms with E-state index >= 15 is 0 Å². The van der Waals surface area contributed by atoms with Crippen molar-refractivity contribution < 1.29 is 4.79 Å². The summed E-state index contributed by atoms with van der Waals surface area (Å²) in [6.07, 6.45) is 3.07. The van der Waals surface area contributed by atoms with Gasteiger partial charge in [0.25, 0.3) is 5.91 Å². The van der Waals surface area contributed by atoms with Crippen LogP contribution in [-0.2, 0) is 4.79 Å². The zero-order valence-corrected chi connectivity index (χ0v) is 9.65. The molecule has 1 rings (SSSR count). The van der Waals surface area contributed by atoms with Crippen LogP contribution < -0.4 is 5.32 Å². The van der Waals surface area contributed by atoms with Crippen molar-refractivity contribution in [1.82, 2.24) is 10.2 Å². The van der Waals surface area contributed by atoms with Crippen molar-refractivity contribution in [2.75, 3.05) is 26.2 Å². The highest BCUT2D eigenvalue weighted by atomic mass is 35.5. The number of alkyl halides is 2. The van der Waals surface area contributed by atoms with E-state index in [-0.39, 0.29) is 5.91 Å². The topological polar surface area (TPSA) is 32.3 Å². The van der Waals surface area contributed by atoms with Crippen LogP contribution in [0.2, 0.25) is 0 Å². The third-order valence-electron chi connectivity index (χ3n) is 2.31. The second-order valence-electron chi connectivity index (χ2n) is 3.44. The molecule has 1 N–H and O–H groups in total. The summed E-state index contributed by atoms with van der Waals surface area (Å²) in [4.78, 5) is 12.4. The highest BCUT2D eigenvalue weighted by Crippen LogP contribution is 2.09. The van der Waals surface area contributed by atoms with Crippen LogP contribution in [0.1, 0.15) is 19.3 Å². The quantitative estimate of drug-likeness (QED) is 0.701. The summed E-state index contributed by atoms with van der Waals surface area (Å²) < 4.78 is 0. The van der Waals surface area contributed by atoms with Crippen LogP contribution in [0, 0.1) is 0 Å². The standard InChI is InChI=1S/C9H16Cl2N2O/c10-8(11)9(14)13-6-2-1-4-12-5-3-7-13/h8,12H,1-7H2. The van der Waals surface area contributed by atoms with E-state index in [1.165, 1.54) is 0 Å². The van der Waals surface area contributed by atoms with Crippen LogP contribution >= 0.6 is 23.2 Å². The Hall–Kier alpha value is 0.01000. The van der Waals surface area contributed by atoms with Gasteiger partial charge in [0, 0.05) is 13.1 Å². The fourth-order valence-electron chi connectivity index (χ4n) is 1.54. The summed E-state index contributed by atoms with van der Waals surface area (Å²) in [6.45, 7) is 3.52. The number of amides is 1. The molecule has 0 unspecified atom stereocenters. The number of nitrogens with one attached hydrogen (secondary N) is 1. The number of carbonyl (C=O) groups excluding carboxylic acids is 1. The first-order valence-electron chi connectivity index (χ1n) is 4.99. The van der Waals surface area contributed by atoms with Crippen molar-refractivity contribution in [3.63, 3.8) is 0 Å². The average molecular weight is 239 g/mol. The van der Waals surface area contributed by atoms with Crippen molar-refractivity contribution >= 4 is 29.1 Å². The average Bonchev–Trinajstić information content (AvgIpc) is 2.29. The lowest BCUT2D eigenvalue weighted by atomic mass is 10.3. The molecule has 5 heteroatoms. The van der Waals surface area contributed by atoms with Crippen LogP contribution in [-0.4, -0.2) is 41.8 Å². The van der Waals surface area contributed by atoms with Gasteiger partial charge in [-0.05, 0) is 32.4 Å². The molecule has 1 heterocycles. The Labute approximate surface area is 94.7 Å². The Bertz CT molecular complexity index is 178. The molecule has 0 radical (unpaired) electrons. The molecule has 3 nitrogen and oxygen atoms in total. The lowest BCUT2D eigenvalue weighted by Gasteiger charge is -2.22. The number of hydrogen-bond donors (Lipinski definition) is 1. The van der Waals surface area contributed by atoms with Crippen molar-refractivity contribution in [3.8, 4) is 0 Å². The fourth-order valence-corrected chi connectivity index (χ4v) is 1.82. The van der Waals surface area contributed by atoms with E-state index in [0.29, 0.717) is 0 Å². The summed E-state index contributed by atoms with van der Waals surface area (Å²) in [5, 5.41) is 3.31. The molecule has 1 fully saturated rings. The predicted octanol–water partition coefficient (Wildman–Crippen LogP) is 1.39. The molecule has 0 bridgehead atoms. The van der Waals surface area contributed by atoms with Gasteiger partial charge in [0.1, 0.15) is 0 Å². The fraction of sp³-hybridized carbons (Fsp3) is 0.889. The second kappa shape index (κ2) is 6.49. The molecule has 14 heavy (non-hydrogen) atoms. The van der Waals surface area contributed by atoms with Crippen LogP contribution in [0.4, 0.5) is 0 Å². The van der Waals surface area contributed by atoms with E-state index in [0.717, 1.165) is 45.4 Å². The summed E-state index contributed by atoms with van der Waals surface area (Å²) >= 11 is 11.1. The van der Waals surface area contributed by atoms with Crippen LogP contribution in [0.5, 0.6) is 0 Å². The largest absolute Gasteiger partial charge is 0.340 e. The van der Waals surface area contributed by atoms with E-state index in [9.17, 15) is 4.79 Å². The molecule has 82 valence electrons. The van der Waals surface area contributed by atoms with Gasteiger partial charge in [-0.3, -0.25) is 4.79 Å². The number of rotatable bonds is 1. The van der Waals surface area contributed by atoms with Crippen molar-refractivity contribution in [2.24, 2.45) is 0 Å². The Morgan fingerprint density at radius 1 is 1.14 bits per heavy atom. The molecule has 0 atom stereocenters. The van der Waals surface area contributed by atoms with Crippen LogP contribution in [0.25, 0.3) is 0 Å². The molecule has 0 aromatic carbocycles. The van der Waals surface area contributed by atoms with Crippen molar-refractivity contribution in [3.05, 3.63) is 0 Å². The van der Waals surface area contributed by atoms with Gasteiger partial charge in [0.05, 0.1) is 0 Å². The van der Waals surface area contributed by atoms with E-state index in [1.54, 1.807) is 4.90 Å². The van der Waals surface area contributed by atoms with Crippen molar-refractivity contribution in [1.29, 1.82) is 0 Å². The summed E-state index contributed by atoms with van der Waals surface area (Å²) in [6, 6.07) is 0. The zero-order chi connectivity index (χ0) is 10.4. The van der Waals surface area contributed by atoms with Gasteiger partial charge in [-0.1, -0.05) is 23.2 Å². The maximum atomic E-state index is 11.5. The molecular weight excluding hydrogens is 223 g/mol. The highest BCUT2D eigenvalue weighted by molar-refractivity contribution is 6.53. The number of halogens is 2. The summed E-state index contributed by atoms with van der Waals surface area (Å²) in [5.74, 6) is -0.157. The minimum Gasteiger partial charge on any atom is -0.340 e.